The van der Waals surface area contributed by atoms with Gasteiger partial charge in [0.15, 0.2) is 0 Å². The smallest absolute Gasteiger partial charge is 0.328 e. The molecule has 1 aliphatic heterocycles. The van der Waals surface area contributed by atoms with Gasteiger partial charge in [0.05, 0.1) is 13.7 Å². The number of nitrogens with zero attached hydrogens (tertiary/aromatic N) is 1. The van der Waals surface area contributed by atoms with Crippen molar-refractivity contribution in [2.75, 3.05) is 25.1 Å². The molecule has 0 spiro atoms. The second kappa shape index (κ2) is 9.87. The number of hydrogen-bond acceptors (Lipinski definition) is 5. The molecule has 1 fully saturated rings. The summed E-state index contributed by atoms with van der Waals surface area (Å²) in [6.45, 7) is 4.30. The van der Waals surface area contributed by atoms with Crippen molar-refractivity contribution in [2.45, 2.75) is 39.2 Å². The molecule has 0 aromatic heterocycles. The van der Waals surface area contributed by atoms with Crippen molar-refractivity contribution in [1.29, 1.82) is 0 Å². The van der Waals surface area contributed by atoms with Gasteiger partial charge in [0.2, 0.25) is 11.8 Å². The Morgan fingerprint density at radius 2 is 1.86 bits per heavy atom. The average molecular weight is 389 g/mol. The Hall–Kier alpha value is -2.90. The number of rotatable bonds is 8. The van der Waals surface area contributed by atoms with Crippen LogP contribution in [0.5, 0.6) is 0 Å². The molecule has 1 atom stereocenters. The van der Waals surface area contributed by atoms with Gasteiger partial charge in [-0.2, -0.15) is 0 Å². The van der Waals surface area contributed by atoms with Gasteiger partial charge in [0.1, 0.15) is 6.04 Å². The minimum Gasteiger partial charge on any atom is -0.467 e. The summed E-state index contributed by atoms with van der Waals surface area (Å²) in [5.74, 6) is -1.12. The van der Waals surface area contributed by atoms with Crippen molar-refractivity contribution in [3.63, 3.8) is 0 Å². The monoisotopic (exact) mass is 389 g/mol. The summed E-state index contributed by atoms with van der Waals surface area (Å²) in [7, 11) is 1.27. The van der Waals surface area contributed by atoms with Crippen LogP contribution in [0.2, 0.25) is 0 Å². The van der Waals surface area contributed by atoms with Crippen molar-refractivity contribution in [1.82, 2.24) is 10.6 Å². The molecule has 2 rings (SSSR count). The third-order valence-electron chi connectivity index (χ3n) is 4.45. The van der Waals surface area contributed by atoms with Crippen molar-refractivity contribution in [2.24, 2.45) is 5.92 Å². The minimum absolute atomic E-state index is 0.0791. The number of benzene rings is 1. The van der Waals surface area contributed by atoms with Gasteiger partial charge in [0.25, 0.3) is 5.91 Å². The van der Waals surface area contributed by atoms with Crippen LogP contribution in [0.4, 0.5) is 5.69 Å². The molecule has 1 heterocycles. The molecule has 1 unspecified atom stereocenters. The third-order valence-corrected chi connectivity index (χ3v) is 4.45. The number of ether oxygens (including phenoxy) is 1. The normalized spacial score (nSPS) is 14.7. The van der Waals surface area contributed by atoms with E-state index < -0.39 is 23.8 Å². The summed E-state index contributed by atoms with van der Waals surface area (Å²) in [5.41, 5.74) is 1.14. The molecule has 1 aromatic carbocycles. The standard InChI is InChI=1S/C20H27N3O5/c1-13(2)11-16(20(27)28-3)22-17(24)12-21-19(26)14-6-8-15(9-7-14)23-10-4-5-18(23)25/h6-9,13,16H,4-5,10-12H2,1-3H3,(H,21,26)(H,22,24). The maximum atomic E-state index is 12.2. The highest BCUT2D eigenvalue weighted by Crippen LogP contribution is 2.21. The van der Waals surface area contributed by atoms with Gasteiger partial charge in [0, 0.05) is 24.2 Å². The first-order valence-electron chi connectivity index (χ1n) is 9.37. The lowest BCUT2D eigenvalue weighted by Crippen LogP contribution is -2.46. The first-order chi connectivity index (χ1) is 13.3. The molecular weight excluding hydrogens is 362 g/mol. The highest BCUT2D eigenvalue weighted by atomic mass is 16.5. The van der Waals surface area contributed by atoms with E-state index >= 15 is 0 Å². The first-order valence-corrected chi connectivity index (χ1v) is 9.37. The van der Waals surface area contributed by atoms with E-state index in [1.54, 1.807) is 29.2 Å². The molecule has 1 aromatic rings. The van der Waals surface area contributed by atoms with Gasteiger partial charge < -0.3 is 20.3 Å². The lowest BCUT2D eigenvalue weighted by atomic mass is 10.0. The Labute approximate surface area is 164 Å². The number of nitrogens with one attached hydrogen (secondary N) is 2. The van der Waals surface area contributed by atoms with Crippen LogP contribution in [0.1, 0.15) is 43.5 Å². The Bertz CT molecular complexity index is 730. The molecule has 3 amide bonds. The lowest BCUT2D eigenvalue weighted by molar-refractivity contribution is -0.145. The van der Waals surface area contributed by atoms with Crippen molar-refractivity contribution in [3.05, 3.63) is 29.8 Å². The largest absolute Gasteiger partial charge is 0.467 e. The van der Waals surface area contributed by atoms with E-state index in [0.29, 0.717) is 24.9 Å². The number of carbonyl (C=O) groups excluding carboxylic acids is 4. The Morgan fingerprint density at radius 3 is 2.39 bits per heavy atom. The molecule has 0 bridgehead atoms. The van der Waals surface area contributed by atoms with Crippen molar-refractivity contribution < 1.29 is 23.9 Å². The topological polar surface area (TPSA) is 105 Å². The maximum Gasteiger partial charge on any atom is 0.328 e. The second-order valence-electron chi connectivity index (χ2n) is 7.15. The zero-order chi connectivity index (χ0) is 20.7. The van der Waals surface area contributed by atoms with Crippen LogP contribution in [0, 0.1) is 5.92 Å². The Morgan fingerprint density at radius 1 is 1.18 bits per heavy atom. The fourth-order valence-electron chi connectivity index (χ4n) is 3.05. The molecule has 1 saturated heterocycles. The molecule has 1 aliphatic rings. The average Bonchev–Trinajstić information content (AvgIpc) is 3.10. The summed E-state index contributed by atoms with van der Waals surface area (Å²) >= 11 is 0. The molecule has 2 N–H and O–H groups in total. The van der Waals surface area contributed by atoms with E-state index in [1.807, 2.05) is 13.8 Å². The molecule has 152 valence electrons. The number of esters is 1. The van der Waals surface area contributed by atoms with Crippen LogP contribution in [-0.4, -0.2) is 49.9 Å². The SMILES string of the molecule is COC(=O)C(CC(C)C)NC(=O)CNC(=O)c1ccc(N2CCCC2=O)cc1. The van der Waals surface area contributed by atoms with Gasteiger partial charge >= 0.3 is 5.97 Å². The van der Waals surface area contributed by atoms with Crippen molar-refractivity contribution in [3.8, 4) is 0 Å². The van der Waals surface area contributed by atoms with Crippen molar-refractivity contribution >= 4 is 29.4 Å². The predicted molar refractivity (Wildman–Crippen MR) is 104 cm³/mol. The lowest BCUT2D eigenvalue weighted by Gasteiger charge is -2.18. The van der Waals surface area contributed by atoms with E-state index in [1.165, 1.54) is 7.11 Å². The minimum atomic E-state index is -0.744. The highest BCUT2D eigenvalue weighted by molar-refractivity contribution is 5.98. The molecule has 8 heteroatoms. The highest BCUT2D eigenvalue weighted by Gasteiger charge is 2.23. The number of hydrogen-bond donors (Lipinski definition) is 2. The summed E-state index contributed by atoms with van der Waals surface area (Å²) in [4.78, 5) is 49.5. The molecular formula is C20H27N3O5. The third kappa shape index (κ3) is 5.80. The summed E-state index contributed by atoms with van der Waals surface area (Å²) < 4.78 is 4.70. The molecule has 0 radical (unpaired) electrons. The summed E-state index contributed by atoms with van der Waals surface area (Å²) in [5, 5.41) is 5.11. The van der Waals surface area contributed by atoms with E-state index in [4.69, 9.17) is 4.74 Å². The van der Waals surface area contributed by atoms with Crippen LogP contribution in [-0.2, 0) is 19.1 Å². The quantitative estimate of drug-likeness (QED) is 0.651. The summed E-state index contributed by atoms with van der Waals surface area (Å²) in [6, 6.07) is 5.92. The number of amides is 3. The Balaban J connectivity index is 1.87. The molecule has 0 aliphatic carbocycles. The van der Waals surface area contributed by atoms with Gasteiger partial charge in [-0.05, 0) is 43.0 Å². The Kier molecular flexibility index (Phi) is 7.54. The van der Waals surface area contributed by atoms with E-state index in [-0.39, 0.29) is 18.4 Å². The van der Waals surface area contributed by atoms with Crippen LogP contribution in [0.3, 0.4) is 0 Å². The zero-order valence-corrected chi connectivity index (χ0v) is 16.5. The number of anilines is 1. The molecule has 8 nitrogen and oxygen atoms in total. The fraction of sp³-hybridized carbons (Fsp3) is 0.500. The fourth-order valence-corrected chi connectivity index (χ4v) is 3.05. The van der Waals surface area contributed by atoms with Gasteiger partial charge in [-0.3, -0.25) is 14.4 Å². The van der Waals surface area contributed by atoms with Crippen LogP contribution in [0.25, 0.3) is 0 Å². The van der Waals surface area contributed by atoms with Crippen LogP contribution < -0.4 is 15.5 Å². The molecule has 28 heavy (non-hydrogen) atoms. The number of methoxy groups -OCH3 is 1. The van der Waals surface area contributed by atoms with E-state index in [9.17, 15) is 19.2 Å². The van der Waals surface area contributed by atoms with Gasteiger partial charge in [-0.15, -0.1) is 0 Å². The van der Waals surface area contributed by atoms with E-state index in [2.05, 4.69) is 10.6 Å². The predicted octanol–water partition coefficient (Wildman–Crippen LogP) is 1.25. The first kappa shape index (κ1) is 21.4. The van der Waals surface area contributed by atoms with Crippen LogP contribution >= 0.6 is 0 Å². The van der Waals surface area contributed by atoms with E-state index in [0.717, 1.165) is 12.1 Å². The van der Waals surface area contributed by atoms with Gasteiger partial charge in [-0.1, -0.05) is 13.8 Å². The zero-order valence-electron chi connectivity index (χ0n) is 16.5. The molecule has 0 saturated carbocycles. The second-order valence-corrected chi connectivity index (χ2v) is 7.15. The summed E-state index contributed by atoms with van der Waals surface area (Å²) in [6.07, 6.45) is 1.82. The maximum absolute atomic E-state index is 12.2. The van der Waals surface area contributed by atoms with Crippen LogP contribution in [0.15, 0.2) is 24.3 Å². The number of carbonyl (C=O) groups is 4. The van der Waals surface area contributed by atoms with Gasteiger partial charge in [-0.25, -0.2) is 4.79 Å².